The largest absolute Gasteiger partial charge is 0.490 e. The van der Waals surface area contributed by atoms with Gasteiger partial charge in [0.1, 0.15) is 0 Å². The van der Waals surface area contributed by atoms with Crippen molar-refractivity contribution in [2.75, 3.05) is 18.0 Å². The summed E-state index contributed by atoms with van der Waals surface area (Å²) in [5, 5.41) is 7.12. The summed E-state index contributed by atoms with van der Waals surface area (Å²) in [4.78, 5) is 39.0. The SMILES string of the molecule is CCc1cnc(N2CCC3(CCC(=O)N3Cc3cccnc3)CC2)nc1.O=C(O)C(F)(F)F. The van der Waals surface area contributed by atoms with Crippen LogP contribution < -0.4 is 4.90 Å². The van der Waals surface area contributed by atoms with E-state index in [0.29, 0.717) is 13.0 Å². The quantitative estimate of drug-likeness (QED) is 0.740. The van der Waals surface area contributed by atoms with Gasteiger partial charge < -0.3 is 14.9 Å². The lowest BCUT2D eigenvalue weighted by Crippen LogP contribution is -2.53. The predicted octanol–water partition coefficient (Wildman–Crippen LogP) is 3.23. The van der Waals surface area contributed by atoms with Gasteiger partial charge in [-0.05, 0) is 42.9 Å². The number of aliphatic carboxylic acids is 1. The Bertz CT molecular complexity index is 946. The van der Waals surface area contributed by atoms with Crippen molar-refractivity contribution in [3.8, 4) is 0 Å². The number of anilines is 1. The average Bonchev–Trinajstić information content (AvgIpc) is 3.10. The van der Waals surface area contributed by atoms with Crippen LogP contribution in [0.5, 0.6) is 0 Å². The van der Waals surface area contributed by atoms with Gasteiger partial charge in [0.05, 0.1) is 0 Å². The first-order chi connectivity index (χ1) is 15.6. The molecule has 2 fully saturated rings. The monoisotopic (exact) mass is 465 g/mol. The molecule has 1 amide bonds. The average molecular weight is 465 g/mol. The number of alkyl halides is 3. The van der Waals surface area contributed by atoms with Crippen LogP contribution in [0.25, 0.3) is 0 Å². The summed E-state index contributed by atoms with van der Waals surface area (Å²) in [5.41, 5.74) is 2.24. The van der Waals surface area contributed by atoms with Crippen molar-refractivity contribution < 1.29 is 27.9 Å². The number of likely N-dealkylation sites (tertiary alicyclic amines) is 1. The molecular formula is C22H26F3N5O3. The van der Waals surface area contributed by atoms with Gasteiger partial charge in [0.25, 0.3) is 0 Å². The van der Waals surface area contributed by atoms with Gasteiger partial charge in [-0.3, -0.25) is 9.78 Å². The number of amides is 1. The molecule has 178 valence electrons. The number of aromatic nitrogens is 3. The molecule has 33 heavy (non-hydrogen) atoms. The molecule has 0 aromatic carbocycles. The van der Waals surface area contributed by atoms with Gasteiger partial charge in [-0.25, -0.2) is 14.8 Å². The lowest BCUT2D eigenvalue weighted by molar-refractivity contribution is -0.192. The van der Waals surface area contributed by atoms with Gasteiger partial charge in [0, 0.05) is 56.4 Å². The van der Waals surface area contributed by atoms with E-state index in [2.05, 4.69) is 31.7 Å². The third kappa shape index (κ3) is 5.96. The van der Waals surface area contributed by atoms with Gasteiger partial charge in [-0.2, -0.15) is 13.2 Å². The van der Waals surface area contributed by atoms with Crippen molar-refractivity contribution in [2.24, 2.45) is 0 Å². The third-order valence-electron chi connectivity index (χ3n) is 6.06. The lowest BCUT2D eigenvalue weighted by atomic mass is 9.85. The standard InChI is InChI=1S/C20H25N5O.C2HF3O2/c1-2-16-13-22-19(23-14-16)24-10-7-20(8-11-24)6-5-18(26)25(20)15-17-4-3-9-21-12-17;3-2(4,5)1(6)7/h3-4,9,12-14H,2,5-8,10-11,15H2,1H3;(H,6,7). The van der Waals surface area contributed by atoms with Crippen molar-refractivity contribution in [1.29, 1.82) is 0 Å². The van der Waals surface area contributed by atoms with Crippen LogP contribution in [0.2, 0.25) is 0 Å². The number of halogens is 3. The maximum Gasteiger partial charge on any atom is 0.490 e. The van der Waals surface area contributed by atoms with Crippen molar-refractivity contribution in [2.45, 2.75) is 57.3 Å². The van der Waals surface area contributed by atoms with Crippen LogP contribution in [0.3, 0.4) is 0 Å². The number of hydrogen-bond acceptors (Lipinski definition) is 6. The number of piperidine rings is 1. The van der Waals surface area contributed by atoms with Crippen LogP contribution >= 0.6 is 0 Å². The summed E-state index contributed by atoms with van der Waals surface area (Å²) in [6.45, 7) is 4.55. The number of rotatable bonds is 4. The predicted molar refractivity (Wildman–Crippen MR) is 113 cm³/mol. The zero-order valence-electron chi connectivity index (χ0n) is 18.3. The van der Waals surface area contributed by atoms with Crippen molar-refractivity contribution in [1.82, 2.24) is 19.9 Å². The smallest absolute Gasteiger partial charge is 0.475 e. The molecule has 4 heterocycles. The molecule has 0 radical (unpaired) electrons. The first-order valence-electron chi connectivity index (χ1n) is 10.7. The molecule has 0 unspecified atom stereocenters. The maximum atomic E-state index is 12.5. The molecule has 1 spiro atoms. The maximum absolute atomic E-state index is 12.5. The fourth-order valence-corrected chi connectivity index (χ4v) is 4.14. The van der Waals surface area contributed by atoms with E-state index in [1.165, 1.54) is 0 Å². The van der Waals surface area contributed by atoms with E-state index in [9.17, 15) is 18.0 Å². The highest BCUT2D eigenvalue weighted by Crippen LogP contribution is 2.40. The minimum Gasteiger partial charge on any atom is -0.475 e. The number of nitrogens with zero attached hydrogens (tertiary/aromatic N) is 5. The summed E-state index contributed by atoms with van der Waals surface area (Å²) in [7, 11) is 0. The Morgan fingerprint density at radius 2 is 1.76 bits per heavy atom. The Morgan fingerprint density at radius 1 is 1.12 bits per heavy atom. The fourth-order valence-electron chi connectivity index (χ4n) is 4.14. The second-order valence-electron chi connectivity index (χ2n) is 8.10. The van der Waals surface area contributed by atoms with Crippen molar-refractivity contribution in [3.63, 3.8) is 0 Å². The molecule has 2 aliphatic rings. The van der Waals surface area contributed by atoms with E-state index in [1.807, 2.05) is 30.7 Å². The Morgan fingerprint density at radius 3 is 2.27 bits per heavy atom. The van der Waals surface area contributed by atoms with Gasteiger partial charge >= 0.3 is 12.1 Å². The van der Waals surface area contributed by atoms with Crippen molar-refractivity contribution >= 4 is 17.8 Å². The molecular weight excluding hydrogens is 439 g/mol. The minimum absolute atomic E-state index is 0.0210. The Labute approximate surface area is 189 Å². The zero-order valence-corrected chi connectivity index (χ0v) is 18.3. The summed E-state index contributed by atoms with van der Waals surface area (Å²) in [5.74, 6) is -1.68. The minimum atomic E-state index is -5.08. The van der Waals surface area contributed by atoms with Crippen LogP contribution in [0.4, 0.5) is 19.1 Å². The van der Waals surface area contributed by atoms with Crippen LogP contribution in [0.1, 0.15) is 43.7 Å². The second kappa shape index (κ2) is 10.1. The molecule has 1 N–H and O–H groups in total. The molecule has 2 aromatic heterocycles. The van der Waals surface area contributed by atoms with E-state index in [1.54, 1.807) is 6.20 Å². The molecule has 2 aliphatic heterocycles. The first-order valence-corrected chi connectivity index (χ1v) is 10.7. The highest BCUT2D eigenvalue weighted by Gasteiger charge is 2.47. The van der Waals surface area contributed by atoms with Crippen LogP contribution in [-0.2, 0) is 22.6 Å². The topological polar surface area (TPSA) is 99.5 Å². The zero-order chi connectivity index (χ0) is 24.1. The van der Waals surface area contributed by atoms with Crippen molar-refractivity contribution in [3.05, 3.63) is 48.0 Å². The Balaban J connectivity index is 0.000000383. The number of hydrogen-bond donors (Lipinski definition) is 1. The first kappa shape index (κ1) is 24.4. The van der Waals surface area contributed by atoms with Crippen LogP contribution in [0.15, 0.2) is 36.9 Å². The number of carboxylic acid groups (broad SMARTS) is 1. The van der Waals surface area contributed by atoms with E-state index in [4.69, 9.17) is 9.90 Å². The van der Waals surface area contributed by atoms with E-state index in [0.717, 1.165) is 55.8 Å². The number of pyridine rings is 1. The third-order valence-corrected chi connectivity index (χ3v) is 6.06. The van der Waals surface area contributed by atoms with Gasteiger partial charge in [-0.1, -0.05) is 13.0 Å². The molecule has 8 nitrogen and oxygen atoms in total. The van der Waals surface area contributed by atoms with Gasteiger partial charge in [0.15, 0.2) is 0 Å². The fraction of sp³-hybridized carbons (Fsp3) is 0.500. The van der Waals surface area contributed by atoms with Gasteiger partial charge in [0.2, 0.25) is 11.9 Å². The molecule has 0 bridgehead atoms. The normalized spacial score (nSPS) is 17.6. The Kier molecular flexibility index (Phi) is 7.50. The van der Waals surface area contributed by atoms with Gasteiger partial charge in [-0.15, -0.1) is 0 Å². The molecule has 11 heteroatoms. The van der Waals surface area contributed by atoms with Crippen LogP contribution in [0, 0.1) is 0 Å². The number of aryl methyl sites for hydroxylation is 1. The number of carbonyl (C=O) groups excluding carboxylic acids is 1. The summed E-state index contributed by atoms with van der Waals surface area (Å²) >= 11 is 0. The molecule has 2 saturated heterocycles. The molecule has 2 aromatic rings. The lowest BCUT2D eigenvalue weighted by Gasteiger charge is -2.45. The number of carbonyl (C=O) groups is 2. The molecule has 0 aliphatic carbocycles. The summed E-state index contributed by atoms with van der Waals surface area (Å²) in [6.07, 6.45) is 6.88. The highest BCUT2D eigenvalue weighted by atomic mass is 19.4. The number of carboxylic acids is 1. The van der Waals surface area contributed by atoms with E-state index in [-0.39, 0.29) is 11.4 Å². The van der Waals surface area contributed by atoms with E-state index < -0.39 is 12.1 Å². The Hall–Kier alpha value is -3.24. The second-order valence-corrected chi connectivity index (χ2v) is 8.10. The molecule has 0 atom stereocenters. The molecule has 4 rings (SSSR count). The van der Waals surface area contributed by atoms with E-state index >= 15 is 0 Å². The molecule has 0 saturated carbocycles. The summed E-state index contributed by atoms with van der Waals surface area (Å²) < 4.78 is 31.7. The summed E-state index contributed by atoms with van der Waals surface area (Å²) in [6, 6.07) is 3.98. The van der Waals surface area contributed by atoms with Crippen LogP contribution in [-0.4, -0.2) is 61.6 Å². The highest BCUT2D eigenvalue weighted by molar-refractivity contribution is 5.79.